The van der Waals surface area contributed by atoms with Crippen molar-refractivity contribution in [2.24, 2.45) is 11.7 Å². The first-order valence-corrected chi connectivity index (χ1v) is 6.29. The highest BCUT2D eigenvalue weighted by Crippen LogP contribution is 2.42. The summed E-state index contributed by atoms with van der Waals surface area (Å²) in [5, 5.41) is 8.63. The van der Waals surface area contributed by atoms with Gasteiger partial charge in [-0.1, -0.05) is 19.1 Å². The van der Waals surface area contributed by atoms with Crippen LogP contribution in [0, 0.1) is 5.92 Å². The van der Waals surface area contributed by atoms with Gasteiger partial charge >= 0.3 is 0 Å². The van der Waals surface area contributed by atoms with E-state index in [9.17, 15) is 0 Å². The molecule has 4 nitrogen and oxygen atoms in total. The molecule has 2 N–H and O–H groups in total. The predicted molar refractivity (Wildman–Crippen MR) is 64.3 cm³/mol. The number of hydrogen-bond acceptors (Lipinski definition) is 3. The quantitative estimate of drug-likeness (QED) is 0.827. The minimum Gasteiger partial charge on any atom is -0.330 e. The minimum absolute atomic E-state index is 0.426. The molecule has 1 aliphatic rings. The van der Waals surface area contributed by atoms with Gasteiger partial charge < -0.3 is 5.73 Å². The predicted octanol–water partition coefficient (Wildman–Crippen LogP) is 1.87. The molecule has 1 atom stereocenters. The van der Waals surface area contributed by atoms with E-state index in [4.69, 9.17) is 5.73 Å². The van der Waals surface area contributed by atoms with Crippen molar-refractivity contribution in [3.63, 3.8) is 0 Å². The van der Waals surface area contributed by atoms with E-state index in [0.29, 0.717) is 24.4 Å². The average Bonchev–Trinajstić information content (AvgIpc) is 3.00. The zero-order valence-electron chi connectivity index (χ0n) is 10.5. The van der Waals surface area contributed by atoms with Crippen LogP contribution >= 0.6 is 0 Å². The SMILES string of the molecule is CC(C)C(C)n1nnc(CCN)c1C1CC1. The van der Waals surface area contributed by atoms with Gasteiger partial charge in [-0.3, -0.25) is 0 Å². The number of nitrogens with two attached hydrogens (primary N) is 1. The molecule has 90 valence electrons. The highest BCUT2D eigenvalue weighted by atomic mass is 15.4. The molecule has 1 fully saturated rings. The lowest BCUT2D eigenvalue weighted by atomic mass is 10.1. The molecule has 1 saturated carbocycles. The molecule has 0 bridgehead atoms. The first-order valence-electron chi connectivity index (χ1n) is 6.29. The van der Waals surface area contributed by atoms with Gasteiger partial charge in [-0.2, -0.15) is 0 Å². The van der Waals surface area contributed by atoms with Crippen molar-refractivity contribution in [1.29, 1.82) is 0 Å². The van der Waals surface area contributed by atoms with Crippen molar-refractivity contribution in [3.8, 4) is 0 Å². The molecule has 0 amide bonds. The van der Waals surface area contributed by atoms with Gasteiger partial charge in [-0.15, -0.1) is 5.10 Å². The highest BCUT2D eigenvalue weighted by Gasteiger charge is 2.32. The van der Waals surface area contributed by atoms with Gasteiger partial charge in [-0.25, -0.2) is 4.68 Å². The number of rotatable bonds is 5. The molecular formula is C12H22N4. The Labute approximate surface area is 97.2 Å². The third-order valence-electron chi connectivity index (χ3n) is 3.50. The molecule has 0 aliphatic heterocycles. The molecule has 1 aliphatic carbocycles. The Hall–Kier alpha value is -0.900. The molecule has 16 heavy (non-hydrogen) atoms. The van der Waals surface area contributed by atoms with Crippen LogP contribution in [-0.4, -0.2) is 21.5 Å². The summed E-state index contributed by atoms with van der Waals surface area (Å²) in [4.78, 5) is 0. The van der Waals surface area contributed by atoms with Gasteiger partial charge in [-0.05, 0) is 32.2 Å². The standard InChI is InChI=1S/C12H22N4/c1-8(2)9(3)16-12(10-4-5-10)11(6-7-13)14-15-16/h8-10H,4-7,13H2,1-3H3. The van der Waals surface area contributed by atoms with Gasteiger partial charge in [0.1, 0.15) is 0 Å². The van der Waals surface area contributed by atoms with Crippen LogP contribution in [0.25, 0.3) is 0 Å². The largest absolute Gasteiger partial charge is 0.330 e. The van der Waals surface area contributed by atoms with Crippen LogP contribution in [0.1, 0.15) is 57.0 Å². The van der Waals surface area contributed by atoms with Gasteiger partial charge in [0, 0.05) is 12.3 Å². The zero-order chi connectivity index (χ0) is 11.7. The van der Waals surface area contributed by atoms with E-state index in [1.54, 1.807) is 0 Å². The molecule has 1 aromatic heterocycles. The lowest BCUT2D eigenvalue weighted by molar-refractivity contribution is 0.358. The van der Waals surface area contributed by atoms with Gasteiger partial charge in [0.05, 0.1) is 17.4 Å². The molecule has 0 radical (unpaired) electrons. The lowest BCUT2D eigenvalue weighted by Crippen LogP contribution is -2.16. The third-order valence-corrected chi connectivity index (χ3v) is 3.50. The number of nitrogens with zero attached hydrogens (tertiary/aromatic N) is 3. The second kappa shape index (κ2) is 4.53. The third kappa shape index (κ3) is 2.12. The maximum atomic E-state index is 5.62. The van der Waals surface area contributed by atoms with Crippen molar-refractivity contribution in [1.82, 2.24) is 15.0 Å². The summed E-state index contributed by atoms with van der Waals surface area (Å²) in [7, 11) is 0. The fourth-order valence-corrected chi connectivity index (χ4v) is 2.01. The van der Waals surface area contributed by atoms with Crippen molar-refractivity contribution >= 4 is 0 Å². The highest BCUT2D eigenvalue weighted by molar-refractivity contribution is 5.21. The summed E-state index contributed by atoms with van der Waals surface area (Å²) >= 11 is 0. The second-order valence-corrected chi connectivity index (χ2v) is 5.16. The molecule has 2 rings (SSSR count). The van der Waals surface area contributed by atoms with Crippen LogP contribution in [-0.2, 0) is 6.42 Å². The Bertz CT molecular complexity index is 352. The van der Waals surface area contributed by atoms with Crippen LogP contribution in [0.5, 0.6) is 0 Å². The van der Waals surface area contributed by atoms with E-state index in [1.165, 1.54) is 18.5 Å². The summed E-state index contributed by atoms with van der Waals surface area (Å²) < 4.78 is 2.13. The van der Waals surface area contributed by atoms with Gasteiger partial charge in [0.25, 0.3) is 0 Å². The Kier molecular flexibility index (Phi) is 3.28. The van der Waals surface area contributed by atoms with Crippen molar-refractivity contribution < 1.29 is 0 Å². The van der Waals surface area contributed by atoms with Crippen LogP contribution in [0.3, 0.4) is 0 Å². The Morgan fingerprint density at radius 2 is 2.06 bits per heavy atom. The monoisotopic (exact) mass is 222 g/mol. The maximum absolute atomic E-state index is 5.62. The fourth-order valence-electron chi connectivity index (χ4n) is 2.01. The topological polar surface area (TPSA) is 56.7 Å². The molecule has 0 saturated heterocycles. The van der Waals surface area contributed by atoms with Gasteiger partial charge in [0.2, 0.25) is 0 Å². The molecule has 1 heterocycles. The van der Waals surface area contributed by atoms with Crippen LogP contribution < -0.4 is 5.73 Å². The van der Waals surface area contributed by atoms with Crippen LogP contribution in [0.4, 0.5) is 0 Å². The van der Waals surface area contributed by atoms with E-state index in [2.05, 4.69) is 35.8 Å². The van der Waals surface area contributed by atoms with Crippen molar-refractivity contribution in [2.45, 2.75) is 52.0 Å². The Balaban J connectivity index is 2.30. The summed E-state index contributed by atoms with van der Waals surface area (Å²) in [6.07, 6.45) is 3.43. The molecule has 1 unspecified atom stereocenters. The Morgan fingerprint density at radius 3 is 2.56 bits per heavy atom. The summed E-state index contributed by atoms with van der Waals surface area (Å²) in [6.45, 7) is 7.34. The van der Waals surface area contributed by atoms with E-state index in [-0.39, 0.29) is 0 Å². The zero-order valence-corrected chi connectivity index (χ0v) is 10.5. The van der Waals surface area contributed by atoms with Crippen molar-refractivity contribution in [2.75, 3.05) is 6.54 Å². The first kappa shape index (κ1) is 11.6. The van der Waals surface area contributed by atoms with Crippen LogP contribution in [0.2, 0.25) is 0 Å². The summed E-state index contributed by atoms with van der Waals surface area (Å²) in [6, 6.07) is 0.426. The van der Waals surface area contributed by atoms with Crippen molar-refractivity contribution in [3.05, 3.63) is 11.4 Å². The molecule has 1 aromatic rings. The number of hydrogen-bond donors (Lipinski definition) is 1. The normalized spacial score (nSPS) is 18.1. The fraction of sp³-hybridized carbons (Fsp3) is 0.833. The number of aromatic nitrogens is 3. The van der Waals surface area contributed by atoms with E-state index in [1.807, 2.05) is 0 Å². The molecule has 4 heteroatoms. The second-order valence-electron chi connectivity index (χ2n) is 5.16. The summed E-state index contributed by atoms with van der Waals surface area (Å²) in [5.74, 6) is 1.28. The average molecular weight is 222 g/mol. The van der Waals surface area contributed by atoms with E-state index >= 15 is 0 Å². The summed E-state index contributed by atoms with van der Waals surface area (Å²) in [5.41, 5.74) is 8.09. The van der Waals surface area contributed by atoms with E-state index < -0.39 is 0 Å². The Morgan fingerprint density at radius 1 is 1.38 bits per heavy atom. The first-order chi connectivity index (χ1) is 7.65. The minimum atomic E-state index is 0.426. The van der Waals surface area contributed by atoms with Crippen LogP contribution in [0.15, 0.2) is 0 Å². The molecular weight excluding hydrogens is 200 g/mol. The molecule has 0 spiro atoms. The smallest absolute Gasteiger partial charge is 0.0874 e. The maximum Gasteiger partial charge on any atom is 0.0874 e. The van der Waals surface area contributed by atoms with Gasteiger partial charge in [0.15, 0.2) is 0 Å². The lowest BCUT2D eigenvalue weighted by Gasteiger charge is -2.18. The van der Waals surface area contributed by atoms with E-state index in [0.717, 1.165) is 12.1 Å². The molecule has 0 aromatic carbocycles.